The summed E-state index contributed by atoms with van der Waals surface area (Å²) >= 11 is 0. The summed E-state index contributed by atoms with van der Waals surface area (Å²) in [5, 5.41) is 8.79. The van der Waals surface area contributed by atoms with Crippen molar-refractivity contribution in [3.05, 3.63) is 18.2 Å². The summed E-state index contributed by atoms with van der Waals surface area (Å²) in [6, 6.07) is 0. The number of carbonyl (C=O) groups is 1. The summed E-state index contributed by atoms with van der Waals surface area (Å²) in [6.45, 7) is 0. The molecule has 0 bridgehead atoms. The van der Waals surface area contributed by atoms with Gasteiger partial charge in [0.25, 0.3) is 0 Å². The molecule has 0 unspecified atom stereocenters. The third kappa shape index (κ3) is 2.22. The zero-order chi connectivity index (χ0) is 12.7. The quantitative estimate of drug-likeness (QED) is 0.640. The molecule has 10 heteroatoms. The van der Waals surface area contributed by atoms with Crippen molar-refractivity contribution in [3.63, 3.8) is 0 Å². The van der Waals surface area contributed by atoms with E-state index in [0.29, 0.717) is 7.94 Å². The number of aromatic nitrogens is 2. The third-order valence-electron chi connectivity index (χ3n) is 1.66. The molecule has 0 atom stereocenters. The Bertz CT molecular complexity index is 589. The molecule has 8 nitrogen and oxygen atoms in total. The number of carboxylic acids is 1. The van der Waals surface area contributed by atoms with Crippen LogP contribution in [0.4, 0.5) is 0 Å². The van der Waals surface area contributed by atoms with Gasteiger partial charge in [-0.1, -0.05) is 0 Å². The molecule has 16 heavy (non-hydrogen) atoms. The first kappa shape index (κ1) is 12.6. The summed E-state index contributed by atoms with van der Waals surface area (Å²) in [5.74, 6) is -2.51. The Kier molecular flexibility index (Phi) is 2.81. The van der Waals surface area contributed by atoms with Crippen molar-refractivity contribution in [1.29, 1.82) is 0 Å². The smallest absolute Gasteiger partial charge is 0.422 e. The molecule has 1 aromatic heterocycles. The standard InChI is InChI=1S/C6H8N2O6S2/c1-15(11,12)7-3-4-8(16(2,13)14)5(7)6(9)10/h3-4H,1-2H3/p+1. The zero-order valence-corrected chi connectivity index (χ0v) is 9.99. The van der Waals surface area contributed by atoms with Crippen molar-refractivity contribution in [2.24, 2.45) is 0 Å². The van der Waals surface area contributed by atoms with E-state index in [1.165, 1.54) is 0 Å². The second-order valence-electron chi connectivity index (χ2n) is 3.04. The van der Waals surface area contributed by atoms with Gasteiger partial charge in [0.05, 0.1) is 12.5 Å². The predicted molar refractivity (Wildman–Crippen MR) is 52.1 cm³/mol. The number of aromatic carboxylic acids is 1. The summed E-state index contributed by atoms with van der Waals surface area (Å²) in [4.78, 5) is 10.8. The molecule has 1 aromatic rings. The molecule has 1 rings (SSSR count). The number of hydrogen-bond donors (Lipinski definition) is 1. The molecule has 0 aliphatic heterocycles. The number of nitrogens with zero attached hydrogens (tertiary/aromatic N) is 2. The molecule has 1 N–H and O–H groups in total. The fraction of sp³-hybridized carbons (Fsp3) is 0.333. The zero-order valence-electron chi connectivity index (χ0n) is 8.35. The van der Waals surface area contributed by atoms with Crippen LogP contribution in [-0.2, 0) is 20.0 Å². The fourth-order valence-electron chi connectivity index (χ4n) is 1.08. The number of imidazole rings is 1. The molecule has 0 radical (unpaired) electrons. The van der Waals surface area contributed by atoms with E-state index in [0.717, 1.165) is 24.9 Å². The minimum absolute atomic E-state index is 0.385. The highest BCUT2D eigenvalue weighted by atomic mass is 32.2. The maximum Gasteiger partial charge on any atom is 0.422 e. The van der Waals surface area contributed by atoms with Crippen molar-refractivity contribution in [2.75, 3.05) is 12.5 Å². The monoisotopic (exact) mass is 269 g/mol. The van der Waals surface area contributed by atoms with Gasteiger partial charge in [-0.05, 0) is 0 Å². The number of hydrogen-bond acceptors (Lipinski definition) is 5. The van der Waals surface area contributed by atoms with E-state index in [-0.39, 0.29) is 0 Å². The van der Waals surface area contributed by atoms with E-state index >= 15 is 0 Å². The first-order valence-electron chi connectivity index (χ1n) is 3.82. The summed E-state index contributed by atoms with van der Waals surface area (Å²) in [6.07, 6.45) is 3.26. The van der Waals surface area contributed by atoms with E-state index in [1.54, 1.807) is 0 Å². The van der Waals surface area contributed by atoms with Crippen molar-refractivity contribution in [1.82, 2.24) is 3.97 Å². The van der Waals surface area contributed by atoms with E-state index in [4.69, 9.17) is 5.11 Å². The van der Waals surface area contributed by atoms with E-state index < -0.39 is 31.8 Å². The average Bonchev–Trinajstić information content (AvgIpc) is 2.43. The molecular weight excluding hydrogens is 260 g/mol. The van der Waals surface area contributed by atoms with Crippen LogP contribution >= 0.6 is 0 Å². The summed E-state index contributed by atoms with van der Waals surface area (Å²) in [7, 11) is -7.73. The maximum absolute atomic E-state index is 11.2. The van der Waals surface area contributed by atoms with Gasteiger partial charge in [0.2, 0.25) is 0 Å². The van der Waals surface area contributed by atoms with Crippen molar-refractivity contribution in [3.8, 4) is 0 Å². The van der Waals surface area contributed by atoms with Gasteiger partial charge in [-0.3, -0.25) is 0 Å². The molecular formula is C6H9N2O6S2+. The van der Waals surface area contributed by atoms with Gasteiger partial charge in [0.1, 0.15) is 12.4 Å². The van der Waals surface area contributed by atoms with Crippen LogP contribution in [0.3, 0.4) is 0 Å². The van der Waals surface area contributed by atoms with Gasteiger partial charge in [-0.2, -0.15) is 16.8 Å². The molecule has 0 saturated heterocycles. The summed E-state index contributed by atoms with van der Waals surface area (Å²) < 4.78 is 45.5. The normalized spacial score (nSPS) is 12.6. The van der Waals surface area contributed by atoms with E-state index in [1.807, 2.05) is 0 Å². The maximum atomic E-state index is 11.2. The molecule has 0 amide bonds. The minimum Gasteiger partial charge on any atom is -0.472 e. The Morgan fingerprint density at radius 1 is 1.31 bits per heavy atom. The van der Waals surface area contributed by atoms with Crippen LogP contribution in [-0.4, -0.2) is 44.4 Å². The van der Waals surface area contributed by atoms with E-state index in [9.17, 15) is 21.6 Å². The Labute approximate surface area is 91.9 Å². The second-order valence-corrected chi connectivity index (χ2v) is 6.76. The second kappa shape index (κ2) is 3.56. The van der Waals surface area contributed by atoms with E-state index in [2.05, 4.69) is 0 Å². The van der Waals surface area contributed by atoms with Crippen LogP contribution in [0.25, 0.3) is 0 Å². The van der Waals surface area contributed by atoms with Crippen LogP contribution in [0.2, 0.25) is 0 Å². The van der Waals surface area contributed by atoms with Crippen molar-refractivity contribution < 1.29 is 30.7 Å². The predicted octanol–water partition coefficient (Wildman–Crippen LogP) is -1.91. The highest BCUT2D eigenvalue weighted by molar-refractivity contribution is 7.89. The molecule has 1 heterocycles. The molecule has 0 fully saturated rings. The number of carboxylic acid groups (broad SMARTS) is 1. The van der Waals surface area contributed by atoms with Crippen LogP contribution < -0.4 is 3.97 Å². The minimum atomic E-state index is -3.87. The Morgan fingerprint density at radius 3 is 2.12 bits per heavy atom. The molecule has 0 aliphatic carbocycles. The first-order chi connectivity index (χ1) is 7.05. The largest absolute Gasteiger partial charge is 0.472 e. The molecule has 0 aromatic carbocycles. The Hall–Kier alpha value is -1.42. The lowest BCUT2D eigenvalue weighted by molar-refractivity contribution is -0.512. The Morgan fingerprint density at radius 2 is 1.81 bits per heavy atom. The highest BCUT2D eigenvalue weighted by Crippen LogP contribution is 2.01. The first-order valence-corrected chi connectivity index (χ1v) is 7.52. The number of rotatable bonds is 3. The molecule has 0 spiro atoms. The van der Waals surface area contributed by atoms with Gasteiger partial charge in [0, 0.05) is 0 Å². The van der Waals surface area contributed by atoms with Gasteiger partial charge in [0.15, 0.2) is 0 Å². The average molecular weight is 269 g/mol. The lowest BCUT2D eigenvalue weighted by Crippen LogP contribution is -2.46. The topological polar surface area (TPSA) is 114 Å². The van der Waals surface area contributed by atoms with Crippen molar-refractivity contribution in [2.45, 2.75) is 0 Å². The molecule has 0 saturated carbocycles. The van der Waals surface area contributed by atoms with Gasteiger partial charge in [-0.15, -0.1) is 7.94 Å². The highest BCUT2D eigenvalue weighted by Gasteiger charge is 2.34. The van der Waals surface area contributed by atoms with Gasteiger partial charge in [-0.25, -0.2) is 4.79 Å². The van der Waals surface area contributed by atoms with Gasteiger partial charge < -0.3 is 5.11 Å². The Balaban J connectivity index is 3.73. The van der Waals surface area contributed by atoms with Crippen LogP contribution in [0.15, 0.2) is 12.4 Å². The van der Waals surface area contributed by atoms with Crippen LogP contribution in [0.1, 0.15) is 10.6 Å². The molecule has 90 valence electrons. The lowest BCUT2D eigenvalue weighted by atomic mass is 10.6. The van der Waals surface area contributed by atoms with Gasteiger partial charge >= 0.3 is 31.8 Å². The van der Waals surface area contributed by atoms with Crippen LogP contribution in [0, 0.1) is 0 Å². The molecule has 0 aliphatic rings. The summed E-state index contributed by atoms with van der Waals surface area (Å²) in [5.41, 5.74) is 0. The van der Waals surface area contributed by atoms with Crippen molar-refractivity contribution >= 4 is 26.0 Å². The lowest BCUT2D eigenvalue weighted by Gasteiger charge is -1.96. The SMILES string of the molecule is CS(=O)(=O)n1cc[n+](S(C)(=O)=O)c1C(=O)O. The van der Waals surface area contributed by atoms with Crippen LogP contribution in [0.5, 0.6) is 0 Å². The third-order valence-corrected chi connectivity index (χ3v) is 3.68. The fourth-order valence-corrected chi connectivity index (χ4v) is 2.65.